The predicted octanol–water partition coefficient (Wildman–Crippen LogP) is 3.98. The van der Waals surface area contributed by atoms with Crippen LogP contribution in [-0.2, 0) is 13.2 Å². The van der Waals surface area contributed by atoms with Crippen molar-refractivity contribution in [1.29, 1.82) is 0 Å². The maximum atomic E-state index is 3.70. The van der Waals surface area contributed by atoms with Crippen molar-refractivity contribution in [2.24, 2.45) is 0 Å². The van der Waals surface area contributed by atoms with Crippen molar-refractivity contribution in [2.45, 2.75) is 19.8 Å². The van der Waals surface area contributed by atoms with Crippen molar-refractivity contribution in [1.82, 2.24) is 4.90 Å². The fourth-order valence-corrected chi connectivity index (χ4v) is 1.97. The summed E-state index contributed by atoms with van der Waals surface area (Å²) in [6.07, 6.45) is 6.88. The Labute approximate surface area is 116 Å². The maximum absolute atomic E-state index is 3.70. The fourth-order valence-electron chi connectivity index (χ4n) is 1.26. The molecule has 0 amide bonds. The van der Waals surface area contributed by atoms with E-state index in [1.54, 1.807) is 0 Å². The Morgan fingerprint density at radius 3 is 2.43 bits per heavy atom. The average Bonchev–Trinajstić information content (AvgIpc) is 2.45. The molecule has 2 nitrogen and oxygen atoms in total. The Balaban J connectivity index is 0.000000500. The summed E-state index contributed by atoms with van der Waals surface area (Å²) in [5.41, 5.74) is 0. The van der Waals surface area contributed by atoms with Gasteiger partial charge < -0.3 is 4.90 Å². The number of rotatable bonds is 3. The molecule has 1 aliphatic rings. The summed E-state index contributed by atoms with van der Waals surface area (Å²) >= 11 is 9.95. The number of halogens is 3. The summed E-state index contributed by atoms with van der Waals surface area (Å²) in [5.74, 6) is 0. The second kappa shape index (κ2) is 8.69. The quantitative estimate of drug-likeness (QED) is 0.470. The van der Waals surface area contributed by atoms with E-state index in [4.69, 9.17) is 0 Å². The molecule has 1 rings (SSSR count). The van der Waals surface area contributed by atoms with Gasteiger partial charge >= 0.3 is 40.5 Å². The van der Waals surface area contributed by atoms with Crippen molar-refractivity contribution in [3.8, 4) is 0 Å². The molecule has 6 heteroatoms. The summed E-state index contributed by atoms with van der Waals surface area (Å²) in [6, 6.07) is 0. The van der Waals surface area contributed by atoms with E-state index in [1.165, 1.54) is 19.4 Å². The molecule has 0 aromatic carbocycles. The van der Waals surface area contributed by atoms with Gasteiger partial charge in [-0.15, -0.1) is 0 Å². The van der Waals surface area contributed by atoms with E-state index in [9.17, 15) is 0 Å². The van der Waals surface area contributed by atoms with Crippen LogP contribution < -0.4 is 0 Å². The van der Waals surface area contributed by atoms with Crippen molar-refractivity contribution in [3.63, 3.8) is 0 Å². The first-order chi connectivity index (χ1) is 6.58. The molecular formula is C8H16Br3N2Zn+. The molecule has 0 bridgehead atoms. The molecule has 0 aromatic rings. The molecule has 1 unspecified atom stereocenters. The van der Waals surface area contributed by atoms with Crippen LogP contribution in [0, 0.1) is 0 Å². The molecule has 14 heavy (non-hydrogen) atoms. The number of hydrogen-bond acceptors (Lipinski definition) is 1. The first-order valence-corrected chi connectivity index (χ1v) is 19.3. The van der Waals surface area contributed by atoms with Crippen molar-refractivity contribution in [2.75, 3.05) is 20.3 Å². The van der Waals surface area contributed by atoms with Crippen molar-refractivity contribution < 1.29 is 16.7 Å². The molecule has 0 radical (unpaired) electrons. The number of hydrogen-bond donors (Lipinski definition) is 0. The number of quaternary nitrogens is 1. The third-order valence-electron chi connectivity index (χ3n) is 1.93. The average molecular weight is 445 g/mol. The molecular weight excluding hydrogens is 429 g/mol. The van der Waals surface area contributed by atoms with Gasteiger partial charge in [0.15, 0.2) is 6.67 Å². The van der Waals surface area contributed by atoms with Crippen molar-refractivity contribution >= 4 is 43.4 Å². The van der Waals surface area contributed by atoms with Crippen molar-refractivity contribution in [3.05, 3.63) is 12.4 Å². The summed E-state index contributed by atoms with van der Waals surface area (Å²) in [4.78, 5) is 2.20. The van der Waals surface area contributed by atoms with Gasteiger partial charge in [0, 0.05) is 7.05 Å². The molecule has 0 N–H and O–H groups in total. The standard InChI is InChI=1S/C8H16BrN2.2BrH.Zn/c1-3-4-6-11(9)7-5-10(2)8-11;;;/h5,7H,3-4,6,8H2,1-2H3;2*1H;/q+1;;;+2/p-2. The number of unbranched alkanes of at least 4 members (excludes halogenated alkanes) is 1. The molecule has 1 aliphatic heterocycles. The van der Waals surface area contributed by atoms with Gasteiger partial charge in [-0.3, -0.25) is 0 Å². The Bertz CT molecular complexity index is 180. The monoisotopic (exact) mass is 441 g/mol. The van der Waals surface area contributed by atoms with E-state index in [1.807, 2.05) is 0 Å². The molecule has 1 heterocycles. The molecule has 0 spiro atoms. The fraction of sp³-hybridized carbons (Fsp3) is 0.750. The van der Waals surface area contributed by atoms with Gasteiger partial charge in [-0.1, -0.05) is 13.3 Å². The van der Waals surface area contributed by atoms with E-state index < -0.39 is 0 Å². The predicted molar refractivity (Wildman–Crippen MR) is 68.6 cm³/mol. The van der Waals surface area contributed by atoms with Gasteiger partial charge in [0.25, 0.3) is 0 Å². The zero-order chi connectivity index (χ0) is 11.0. The van der Waals surface area contributed by atoms with Crippen LogP contribution in [-0.4, -0.2) is 28.7 Å². The van der Waals surface area contributed by atoms with Crippen LogP contribution in [0.25, 0.3) is 0 Å². The van der Waals surface area contributed by atoms with Gasteiger partial charge in [0.05, 0.1) is 12.7 Å². The third-order valence-corrected chi connectivity index (χ3v) is 2.75. The van der Waals surface area contributed by atoms with Gasteiger partial charge in [0.2, 0.25) is 16.1 Å². The second-order valence-corrected chi connectivity index (χ2v) is 18.8. The van der Waals surface area contributed by atoms with Gasteiger partial charge in [-0.2, -0.15) is 0 Å². The summed E-state index contributed by atoms with van der Waals surface area (Å²) in [6.45, 7) is 4.47. The molecule has 0 aliphatic carbocycles. The summed E-state index contributed by atoms with van der Waals surface area (Å²) in [7, 11) is 2.10. The van der Waals surface area contributed by atoms with Crippen LogP contribution in [0.2, 0.25) is 0 Å². The summed E-state index contributed by atoms with van der Waals surface area (Å²) in [5, 5.41) is 0. The van der Waals surface area contributed by atoms with E-state index >= 15 is 0 Å². The Kier molecular flexibility index (Phi) is 9.66. The van der Waals surface area contributed by atoms with E-state index in [0.29, 0.717) is 0 Å². The second-order valence-electron chi connectivity index (χ2n) is 3.30. The molecule has 0 fully saturated rings. The normalized spacial score (nSPS) is 24.2. The van der Waals surface area contributed by atoms with Crippen LogP contribution in [0.5, 0.6) is 0 Å². The Morgan fingerprint density at radius 2 is 2.07 bits per heavy atom. The van der Waals surface area contributed by atoms with Crippen LogP contribution in [0.3, 0.4) is 0 Å². The van der Waals surface area contributed by atoms with E-state index in [-0.39, 0.29) is 13.2 Å². The first-order valence-electron chi connectivity index (χ1n) is 4.66. The molecule has 80 valence electrons. The SMILES string of the molecule is CCCC[N+]1(Br)C=CN(C)C1.[Br][Zn][Br]. The molecule has 1 atom stereocenters. The first kappa shape index (κ1) is 15.6. The van der Waals surface area contributed by atoms with Crippen LogP contribution in [0.4, 0.5) is 0 Å². The minimum absolute atomic E-state index is 0.250. The van der Waals surface area contributed by atoms with Gasteiger partial charge in [0.1, 0.15) is 6.20 Å². The molecule has 0 aromatic heterocycles. The topological polar surface area (TPSA) is 3.24 Å². The molecule has 0 saturated carbocycles. The number of nitrogens with zero attached hydrogens (tertiary/aromatic N) is 2. The van der Waals surface area contributed by atoms with Crippen LogP contribution >= 0.6 is 43.4 Å². The van der Waals surface area contributed by atoms with E-state index in [2.05, 4.69) is 74.7 Å². The minimum atomic E-state index is -0.250. The zero-order valence-electron chi connectivity index (χ0n) is 8.72. The van der Waals surface area contributed by atoms with Gasteiger partial charge in [-0.25, -0.2) is 3.51 Å². The zero-order valence-corrected chi connectivity index (χ0v) is 16.4. The van der Waals surface area contributed by atoms with E-state index in [0.717, 1.165) is 10.2 Å². The Hall–Kier alpha value is 1.56. The molecule has 0 saturated heterocycles. The van der Waals surface area contributed by atoms with Crippen LogP contribution in [0.15, 0.2) is 12.4 Å². The third kappa shape index (κ3) is 6.94. The van der Waals surface area contributed by atoms with Gasteiger partial charge in [-0.05, 0) is 6.42 Å². The summed E-state index contributed by atoms with van der Waals surface area (Å²) < 4.78 is 0.900. The Morgan fingerprint density at radius 1 is 1.50 bits per heavy atom. The van der Waals surface area contributed by atoms with Crippen LogP contribution in [0.1, 0.15) is 19.8 Å².